The molecule has 6 heteroatoms. The molecule has 1 amide bonds. The first-order chi connectivity index (χ1) is 9.16. The normalized spacial score (nSPS) is 21.3. The van der Waals surface area contributed by atoms with Gasteiger partial charge in [-0.3, -0.25) is 14.7 Å². The number of amides is 1. The number of nitrogens with two attached hydrogens (primary N) is 1. The number of hydrogen-bond acceptors (Lipinski definition) is 5. The predicted molar refractivity (Wildman–Crippen MR) is 70.4 cm³/mol. The molecular formula is C13H12N4O2. The molecular weight excluding hydrogens is 244 g/mol. The van der Waals surface area contributed by atoms with Crippen molar-refractivity contribution in [1.82, 2.24) is 9.88 Å². The van der Waals surface area contributed by atoms with Crippen molar-refractivity contribution >= 4 is 17.4 Å². The van der Waals surface area contributed by atoms with E-state index in [2.05, 4.69) is 9.98 Å². The van der Waals surface area contributed by atoms with Crippen molar-refractivity contribution in [3.8, 4) is 5.75 Å². The lowest BCUT2D eigenvalue weighted by Gasteiger charge is -2.30. The van der Waals surface area contributed by atoms with E-state index in [-0.39, 0.29) is 30.1 Å². The summed E-state index contributed by atoms with van der Waals surface area (Å²) in [6, 6.07) is 1.61. The van der Waals surface area contributed by atoms with E-state index in [1.54, 1.807) is 23.2 Å². The minimum atomic E-state index is -0.352. The molecule has 1 aromatic heterocycles. The lowest BCUT2D eigenvalue weighted by Crippen LogP contribution is -2.40. The van der Waals surface area contributed by atoms with Gasteiger partial charge in [0.15, 0.2) is 11.6 Å². The van der Waals surface area contributed by atoms with Gasteiger partial charge in [-0.1, -0.05) is 6.08 Å². The van der Waals surface area contributed by atoms with Gasteiger partial charge in [0.25, 0.3) is 0 Å². The Morgan fingerprint density at radius 2 is 2.26 bits per heavy atom. The number of rotatable bonds is 1. The first-order valence-corrected chi connectivity index (χ1v) is 5.83. The van der Waals surface area contributed by atoms with Crippen molar-refractivity contribution in [3.63, 3.8) is 0 Å². The molecule has 0 radical (unpaired) electrons. The Kier molecular flexibility index (Phi) is 2.56. The van der Waals surface area contributed by atoms with Crippen LogP contribution in [0.3, 0.4) is 0 Å². The van der Waals surface area contributed by atoms with Gasteiger partial charge in [-0.05, 0) is 18.2 Å². The minimum absolute atomic E-state index is 0.0363. The number of fused-ring (bicyclic) bond motifs is 1. The third kappa shape index (κ3) is 1.87. The van der Waals surface area contributed by atoms with Crippen molar-refractivity contribution in [1.29, 1.82) is 0 Å². The zero-order valence-electron chi connectivity index (χ0n) is 10.0. The zero-order valence-corrected chi connectivity index (χ0v) is 10.0. The number of anilines is 1. The highest BCUT2D eigenvalue weighted by molar-refractivity contribution is 6.14. The van der Waals surface area contributed by atoms with E-state index in [4.69, 9.17) is 5.73 Å². The Labute approximate surface area is 109 Å². The molecule has 0 aromatic carbocycles. The van der Waals surface area contributed by atoms with Gasteiger partial charge in [-0.15, -0.1) is 0 Å². The van der Waals surface area contributed by atoms with Gasteiger partial charge in [-0.25, -0.2) is 4.98 Å². The quantitative estimate of drug-likeness (QED) is 0.777. The molecule has 0 bridgehead atoms. The second-order valence-electron chi connectivity index (χ2n) is 4.29. The van der Waals surface area contributed by atoms with E-state index in [0.717, 1.165) is 0 Å². The molecule has 1 aromatic rings. The highest BCUT2D eigenvalue weighted by Crippen LogP contribution is 2.27. The lowest BCUT2D eigenvalue weighted by molar-refractivity contribution is -0.129. The zero-order chi connectivity index (χ0) is 13.4. The van der Waals surface area contributed by atoms with E-state index in [9.17, 15) is 9.90 Å². The molecule has 1 unspecified atom stereocenters. The first-order valence-electron chi connectivity index (χ1n) is 5.83. The van der Waals surface area contributed by atoms with E-state index in [1.807, 2.05) is 12.2 Å². The molecule has 0 spiro atoms. The van der Waals surface area contributed by atoms with E-state index in [1.165, 1.54) is 6.20 Å². The van der Waals surface area contributed by atoms with Crippen molar-refractivity contribution in [2.24, 2.45) is 4.99 Å². The van der Waals surface area contributed by atoms with Crippen molar-refractivity contribution < 1.29 is 9.90 Å². The molecule has 96 valence electrons. The van der Waals surface area contributed by atoms with Crippen molar-refractivity contribution in [2.45, 2.75) is 12.6 Å². The van der Waals surface area contributed by atoms with Crippen LogP contribution in [0, 0.1) is 0 Å². The number of carbonyl (C=O) groups is 1. The summed E-state index contributed by atoms with van der Waals surface area (Å²) in [5.74, 6) is -0.155. The average Bonchev–Trinajstić information content (AvgIpc) is 2.42. The van der Waals surface area contributed by atoms with E-state index in [0.29, 0.717) is 11.3 Å². The van der Waals surface area contributed by atoms with Crippen LogP contribution >= 0.6 is 0 Å². The molecule has 0 saturated heterocycles. The number of allylic oxidation sites excluding steroid dienone is 2. The fourth-order valence-electron chi connectivity index (χ4n) is 2.13. The summed E-state index contributed by atoms with van der Waals surface area (Å²) in [5, 5.41) is 9.91. The third-order valence-corrected chi connectivity index (χ3v) is 3.08. The molecule has 0 fully saturated rings. The number of aromatic hydroxyl groups is 1. The molecule has 3 rings (SSSR count). The number of carbonyl (C=O) groups excluding carboxylic acids is 1. The van der Waals surface area contributed by atoms with Crippen LogP contribution in [0.2, 0.25) is 0 Å². The Bertz CT molecular complexity index is 634. The van der Waals surface area contributed by atoms with Gasteiger partial charge in [0, 0.05) is 18.0 Å². The van der Waals surface area contributed by atoms with E-state index >= 15 is 0 Å². The van der Waals surface area contributed by atoms with Gasteiger partial charge in [0.1, 0.15) is 6.17 Å². The topological polar surface area (TPSA) is 91.8 Å². The summed E-state index contributed by atoms with van der Waals surface area (Å²) in [4.78, 5) is 21.9. The number of aliphatic imine (C=N–C) groups is 1. The summed E-state index contributed by atoms with van der Waals surface area (Å²) in [5.41, 5.74) is 6.54. The van der Waals surface area contributed by atoms with Gasteiger partial charge in [-0.2, -0.15) is 0 Å². The highest BCUT2D eigenvalue weighted by Gasteiger charge is 2.29. The van der Waals surface area contributed by atoms with Crippen molar-refractivity contribution in [2.75, 3.05) is 5.73 Å². The molecule has 2 aliphatic heterocycles. The molecule has 3 heterocycles. The number of pyridine rings is 1. The van der Waals surface area contributed by atoms with E-state index < -0.39 is 0 Å². The molecule has 19 heavy (non-hydrogen) atoms. The van der Waals surface area contributed by atoms with Crippen LogP contribution in [0.5, 0.6) is 5.75 Å². The van der Waals surface area contributed by atoms with Crippen LogP contribution in [-0.2, 0) is 4.79 Å². The second-order valence-corrected chi connectivity index (χ2v) is 4.29. The highest BCUT2D eigenvalue weighted by atomic mass is 16.3. The Hall–Kier alpha value is -2.63. The standard InChI is InChI=1S/C13H12N4O2/c14-13-12(19)8(4-5-15-13)9-7-11(18)17-6-2-1-3-10(17)16-9/h1-6,10,19H,7H2,(H2,14,15). The average molecular weight is 256 g/mol. The molecule has 1 atom stereocenters. The maximum absolute atomic E-state index is 12.0. The molecule has 2 aliphatic rings. The van der Waals surface area contributed by atoms with Crippen LogP contribution in [0.4, 0.5) is 5.82 Å². The van der Waals surface area contributed by atoms with Crippen LogP contribution in [-0.4, -0.2) is 32.8 Å². The maximum atomic E-state index is 12.0. The summed E-state index contributed by atoms with van der Waals surface area (Å²) in [7, 11) is 0. The summed E-state index contributed by atoms with van der Waals surface area (Å²) < 4.78 is 0. The summed E-state index contributed by atoms with van der Waals surface area (Å²) in [6.07, 6.45) is 8.41. The second kappa shape index (κ2) is 4.24. The number of nitrogens with zero attached hydrogens (tertiary/aromatic N) is 3. The third-order valence-electron chi connectivity index (χ3n) is 3.08. The SMILES string of the molecule is Nc1nccc(C2=NC3C=CC=CN3C(=O)C2)c1O. The summed E-state index contributed by atoms with van der Waals surface area (Å²) >= 11 is 0. The van der Waals surface area contributed by atoms with Gasteiger partial charge in [0.05, 0.1) is 12.1 Å². The Morgan fingerprint density at radius 3 is 3.11 bits per heavy atom. The van der Waals surface area contributed by atoms with Crippen molar-refractivity contribution in [3.05, 3.63) is 42.3 Å². The monoisotopic (exact) mass is 256 g/mol. The van der Waals surface area contributed by atoms with Crippen LogP contribution in [0.1, 0.15) is 12.0 Å². The number of aromatic nitrogens is 1. The van der Waals surface area contributed by atoms with Crippen LogP contribution in [0.15, 0.2) is 41.7 Å². The fourth-order valence-corrected chi connectivity index (χ4v) is 2.13. The smallest absolute Gasteiger partial charge is 0.234 e. The lowest BCUT2D eigenvalue weighted by atomic mass is 10.0. The number of nitrogen functional groups attached to an aromatic ring is 1. The minimum Gasteiger partial charge on any atom is -0.504 e. The van der Waals surface area contributed by atoms with Gasteiger partial charge < -0.3 is 10.8 Å². The molecule has 6 nitrogen and oxygen atoms in total. The van der Waals surface area contributed by atoms with Crippen LogP contribution in [0.25, 0.3) is 0 Å². The molecule has 3 N–H and O–H groups in total. The molecule has 0 aliphatic carbocycles. The largest absolute Gasteiger partial charge is 0.504 e. The van der Waals surface area contributed by atoms with Gasteiger partial charge in [0.2, 0.25) is 5.91 Å². The number of hydrogen-bond donors (Lipinski definition) is 2. The molecule has 0 saturated carbocycles. The Morgan fingerprint density at radius 1 is 1.42 bits per heavy atom. The predicted octanol–water partition coefficient (Wildman–Crippen LogP) is 0.800. The van der Waals surface area contributed by atoms with Gasteiger partial charge >= 0.3 is 0 Å². The first kappa shape index (κ1) is 11.5. The fraction of sp³-hybridized carbons (Fsp3) is 0.154. The summed E-state index contributed by atoms with van der Waals surface area (Å²) in [6.45, 7) is 0. The Balaban J connectivity index is 2.04. The van der Waals surface area contributed by atoms with Crippen LogP contribution < -0.4 is 5.73 Å². The maximum Gasteiger partial charge on any atom is 0.234 e.